The van der Waals surface area contributed by atoms with Gasteiger partial charge in [-0.05, 0) is 48.4 Å². The zero-order valence-electron chi connectivity index (χ0n) is 12.7. The molecule has 2 aromatic rings. The van der Waals surface area contributed by atoms with Crippen LogP contribution in [0.1, 0.15) is 12.5 Å². The Labute approximate surface area is 133 Å². The fourth-order valence-corrected chi connectivity index (χ4v) is 3.11. The second kappa shape index (κ2) is 7.75. The van der Waals surface area contributed by atoms with E-state index in [1.807, 2.05) is 24.3 Å². The topological polar surface area (TPSA) is 55.4 Å². The number of nitrogens with one attached hydrogen (secondary N) is 1. The monoisotopic (exact) mass is 317 g/mol. The molecule has 22 heavy (non-hydrogen) atoms. The Morgan fingerprint density at radius 1 is 1.09 bits per heavy atom. The van der Waals surface area contributed by atoms with E-state index < -0.39 is 10.8 Å². The molecule has 0 unspecified atom stereocenters. The van der Waals surface area contributed by atoms with Gasteiger partial charge in [0.25, 0.3) is 0 Å². The maximum absolute atomic E-state index is 12.3. The Morgan fingerprint density at radius 3 is 2.27 bits per heavy atom. The number of rotatable bonds is 6. The van der Waals surface area contributed by atoms with Gasteiger partial charge in [-0.15, -0.1) is 0 Å². The van der Waals surface area contributed by atoms with Gasteiger partial charge in [-0.3, -0.25) is 9.00 Å². The molecule has 1 N–H and O–H groups in total. The normalized spacial score (nSPS) is 11.7. The van der Waals surface area contributed by atoms with Crippen LogP contribution in [-0.4, -0.2) is 23.0 Å². The first kappa shape index (κ1) is 16.2. The van der Waals surface area contributed by atoms with Gasteiger partial charge in [0.2, 0.25) is 5.91 Å². The standard InChI is InChI=1S/C17H19NO3S/c1-13(19)18-15-5-9-17(10-6-15)22(20)12-11-14-3-7-16(21-2)8-4-14/h3-10H,11-12H2,1-2H3,(H,18,19)/t22-/m0/s1. The minimum Gasteiger partial charge on any atom is -0.497 e. The first-order chi connectivity index (χ1) is 10.6. The molecule has 0 saturated carbocycles. The Balaban J connectivity index is 1.92. The molecule has 1 amide bonds. The van der Waals surface area contributed by atoms with Crippen molar-refractivity contribution >= 4 is 22.4 Å². The highest BCUT2D eigenvalue weighted by atomic mass is 32.2. The lowest BCUT2D eigenvalue weighted by atomic mass is 10.2. The van der Waals surface area contributed by atoms with Gasteiger partial charge in [-0.1, -0.05) is 12.1 Å². The summed E-state index contributed by atoms with van der Waals surface area (Å²) in [6.07, 6.45) is 0.740. The van der Waals surface area contributed by atoms with Crippen molar-refractivity contribution < 1.29 is 13.7 Å². The van der Waals surface area contributed by atoms with Crippen LogP contribution in [0, 0.1) is 0 Å². The SMILES string of the molecule is COc1ccc(CC[S@](=O)c2ccc(NC(C)=O)cc2)cc1. The summed E-state index contributed by atoms with van der Waals surface area (Å²) in [5, 5.41) is 2.69. The Bertz CT molecular complexity index is 651. The summed E-state index contributed by atoms with van der Waals surface area (Å²) < 4.78 is 17.4. The number of aryl methyl sites for hydroxylation is 1. The highest BCUT2D eigenvalue weighted by molar-refractivity contribution is 7.85. The molecule has 5 heteroatoms. The summed E-state index contributed by atoms with van der Waals surface area (Å²) >= 11 is 0. The number of amides is 1. The maximum Gasteiger partial charge on any atom is 0.221 e. The van der Waals surface area contributed by atoms with E-state index in [4.69, 9.17) is 4.74 Å². The summed E-state index contributed by atoms with van der Waals surface area (Å²) in [6, 6.07) is 14.9. The molecule has 0 saturated heterocycles. The van der Waals surface area contributed by atoms with Crippen LogP contribution in [-0.2, 0) is 22.0 Å². The third kappa shape index (κ3) is 4.70. The molecule has 0 aromatic heterocycles. The molecular formula is C17H19NO3S. The van der Waals surface area contributed by atoms with Gasteiger partial charge in [0.05, 0.1) is 17.9 Å². The van der Waals surface area contributed by atoms with Gasteiger partial charge in [-0.2, -0.15) is 0 Å². The smallest absolute Gasteiger partial charge is 0.221 e. The number of carbonyl (C=O) groups is 1. The van der Waals surface area contributed by atoms with E-state index in [1.54, 1.807) is 31.4 Å². The van der Waals surface area contributed by atoms with Crippen molar-refractivity contribution in [3.05, 3.63) is 54.1 Å². The summed E-state index contributed by atoms with van der Waals surface area (Å²) in [5.74, 6) is 1.26. The lowest BCUT2D eigenvalue weighted by Gasteiger charge is -2.06. The zero-order chi connectivity index (χ0) is 15.9. The Hall–Kier alpha value is -2.14. The van der Waals surface area contributed by atoms with E-state index in [-0.39, 0.29) is 5.91 Å². The minimum absolute atomic E-state index is 0.117. The van der Waals surface area contributed by atoms with E-state index in [9.17, 15) is 9.00 Å². The summed E-state index contributed by atoms with van der Waals surface area (Å²) in [6.45, 7) is 1.46. The molecule has 0 aliphatic rings. The molecule has 0 spiro atoms. The van der Waals surface area contributed by atoms with Crippen LogP contribution in [0.5, 0.6) is 5.75 Å². The second-order valence-electron chi connectivity index (χ2n) is 4.85. The lowest BCUT2D eigenvalue weighted by molar-refractivity contribution is -0.114. The number of benzene rings is 2. The fraction of sp³-hybridized carbons (Fsp3) is 0.235. The van der Waals surface area contributed by atoms with Crippen LogP contribution in [0.2, 0.25) is 0 Å². The molecule has 1 atom stereocenters. The third-order valence-electron chi connectivity index (χ3n) is 3.17. The maximum atomic E-state index is 12.3. The van der Waals surface area contributed by atoms with Crippen LogP contribution in [0.3, 0.4) is 0 Å². The summed E-state index contributed by atoms with van der Waals surface area (Å²) in [5.41, 5.74) is 1.84. The summed E-state index contributed by atoms with van der Waals surface area (Å²) in [4.78, 5) is 11.7. The number of hydrogen-bond acceptors (Lipinski definition) is 3. The number of ether oxygens (including phenoxy) is 1. The van der Waals surface area contributed by atoms with Crippen molar-refractivity contribution in [1.82, 2.24) is 0 Å². The van der Waals surface area contributed by atoms with Gasteiger partial charge in [0.1, 0.15) is 5.75 Å². The van der Waals surface area contributed by atoms with E-state index >= 15 is 0 Å². The molecule has 0 bridgehead atoms. The first-order valence-corrected chi connectivity index (χ1v) is 8.29. The van der Waals surface area contributed by atoms with Crippen molar-refractivity contribution in [3.8, 4) is 5.75 Å². The third-order valence-corrected chi connectivity index (χ3v) is 4.55. The van der Waals surface area contributed by atoms with Gasteiger partial charge < -0.3 is 10.1 Å². The van der Waals surface area contributed by atoms with Crippen LogP contribution >= 0.6 is 0 Å². The zero-order valence-corrected chi connectivity index (χ0v) is 13.5. The molecule has 4 nitrogen and oxygen atoms in total. The molecule has 116 valence electrons. The van der Waals surface area contributed by atoms with Gasteiger partial charge in [0, 0.05) is 23.3 Å². The predicted octanol–water partition coefficient (Wildman–Crippen LogP) is 3.00. The minimum atomic E-state index is -1.06. The predicted molar refractivity (Wildman–Crippen MR) is 88.7 cm³/mol. The second-order valence-corrected chi connectivity index (χ2v) is 6.42. The number of methoxy groups -OCH3 is 1. The average Bonchev–Trinajstić information content (AvgIpc) is 2.53. The van der Waals surface area contributed by atoms with Crippen molar-refractivity contribution in [1.29, 1.82) is 0 Å². The van der Waals surface area contributed by atoms with Crippen molar-refractivity contribution in [2.45, 2.75) is 18.2 Å². The summed E-state index contributed by atoms with van der Waals surface area (Å²) in [7, 11) is 0.578. The number of anilines is 1. The fourth-order valence-electron chi connectivity index (χ4n) is 2.01. The molecule has 2 aromatic carbocycles. The average molecular weight is 317 g/mol. The van der Waals surface area contributed by atoms with Crippen LogP contribution < -0.4 is 10.1 Å². The highest BCUT2D eigenvalue weighted by Crippen LogP contribution is 2.15. The van der Waals surface area contributed by atoms with Crippen molar-refractivity contribution in [2.24, 2.45) is 0 Å². The van der Waals surface area contributed by atoms with E-state index in [2.05, 4.69) is 5.32 Å². The van der Waals surface area contributed by atoms with Crippen molar-refractivity contribution in [3.63, 3.8) is 0 Å². The Kier molecular flexibility index (Phi) is 5.72. The molecule has 0 heterocycles. The Morgan fingerprint density at radius 2 is 1.73 bits per heavy atom. The van der Waals surface area contributed by atoms with Crippen LogP contribution in [0.4, 0.5) is 5.69 Å². The highest BCUT2D eigenvalue weighted by Gasteiger charge is 2.05. The van der Waals surface area contributed by atoms with E-state index in [0.717, 1.165) is 22.6 Å². The van der Waals surface area contributed by atoms with Gasteiger partial charge >= 0.3 is 0 Å². The molecular weight excluding hydrogens is 298 g/mol. The number of hydrogen-bond donors (Lipinski definition) is 1. The molecule has 2 rings (SSSR count). The lowest BCUT2D eigenvalue weighted by Crippen LogP contribution is -2.06. The first-order valence-electron chi connectivity index (χ1n) is 6.97. The van der Waals surface area contributed by atoms with Crippen LogP contribution in [0.25, 0.3) is 0 Å². The molecule has 0 aliphatic heterocycles. The quantitative estimate of drug-likeness (QED) is 0.891. The van der Waals surface area contributed by atoms with E-state index in [0.29, 0.717) is 11.4 Å². The van der Waals surface area contributed by atoms with Crippen LogP contribution in [0.15, 0.2) is 53.4 Å². The van der Waals surface area contributed by atoms with Gasteiger partial charge in [-0.25, -0.2) is 0 Å². The molecule has 0 radical (unpaired) electrons. The van der Waals surface area contributed by atoms with Gasteiger partial charge in [0.15, 0.2) is 0 Å². The molecule has 0 fully saturated rings. The number of carbonyl (C=O) groups excluding carboxylic acids is 1. The van der Waals surface area contributed by atoms with E-state index in [1.165, 1.54) is 6.92 Å². The molecule has 0 aliphatic carbocycles. The van der Waals surface area contributed by atoms with Crippen molar-refractivity contribution in [2.75, 3.05) is 18.2 Å². The largest absolute Gasteiger partial charge is 0.497 e.